The Hall–Kier alpha value is -1.51. The van der Waals surface area contributed by atoms with Gasteiger partial charge in [-0.1, -0.05) is 31.5 Å². The second-order valence-electron chi connectivity index (χ2n) is 5.34. The molecule has 0 heterocycles. The minimum absolute atomic E-state index is 0.130. The van der Waals surface area contributed by atoms with Gasteiger partial charge in [-0.3, -0.25) is 0 Å². The van der Waals surface area contributed by atoms with Crippen molar-refractivity contribution in [3.05, 3.63) is 29.8 Å². The second-order valence-corrected chi connectivity index (χ2v) is 5.34. The van der Waals surface area contributed by atoms with E-state index in [2.05, 4.69) is 24.5 Å². The van der Waals surface area contributed by atoms with E-state index in [9.17, 15) is 4.79 Å². The average molecular weight is 248 g/mol. The van der Waals surface area contributed by atoms with Crippen LogP contribution in [0.5, 0.6) is 0 Å². The van der Waals surface area contributed by atoms with Crippen molar-refractivity contribution in [3.63, 3.8) is 0 Å². The number of amides is 2. The van der Waals surface area contributed by atoms with Gasteiger partial charge in [0, 0.05) is 11.7 Å². The highest BCUT2D eigenvalue weighted by Gasteiger charge is 2.07. The molecule has 0 saturated heterocycles. The van der Waals surface area contributed by atoms with Gasteiger partial charge >= 0.3 is 6.03 Å². The fourth-order valence-electron chi connectivity index (χ4n) is 1.68. The molecule has 3 nitrogen and oxygen atoms in total. The molecule has 0 aliphatic heterocycles. The number of hydrogen-bond acceptors (Lipinski definition) is 1. The van der Waals surface area contributed by atoms with Gasteiger partial charge in [-0.05, 0) is 44.7 Å². The first-order chi connectivity index (χ1) is 8.47. The smallest absolute Gasteiger partial charge is 0.319 e. The van der Waals surface area contributed by atoms with Gasteiger partial charge in [0.1, 0.15) is 0 Å². The molecule has 2 amide bonds. The van der Waals surface area contributed by atoms with Gasteiger partial charge in [-0.25, -0.2) is 4.79 Å². The van der Waals surface area contributed by atoms with Gasteiger partial charge in [-0.15, -0.1) is 0 Å². The zero-order valence-corrected chi connectivity index (χ0v) is 11.8. The molecule has 0 fully saturated rings. The standard InChI is InChI=1S/C15H24N2O/c1-11(2)5-8-13(4)16-15(18)17-14-9-6-12(3)7-10-14/h6-7,9-11,13H,5,8H2,1-4H3,(H2,16,17,18). The summed E-state index contributed by atoms with van der Waals surface area (Å²) in [7, 11) is 0. The number of carbonyl (C=O) groups is 1. The van der Waals surface area contributed by atoms with E-state index in [0.29, 0.717) is 5.92 Å². The molecule has 0 aromatic heterocycles. The van der Waals surface area contributed by atoms with Gasteiger partial charge in [0.2, 0.25) is 0 Å². The molecule has 0 bridgehead atoms. The molecule has 3 heteroatoms. The summed E-state index contributed by atoms with van der Waals surface area (Å²) in [6, 6.07) is 7.87. The molecule has 1 rings (SSSR count). The van der Waals surface area contributed by atoms with Crippen molar-refractivity contribution >= 4 is 11.7 Å². The minimum Gasteiger partial charge on any atom is -0.335 e. The second kappa shape index (κ2) is 7.04. The molecular formula is C15H24N2O. The lowest BCUT2D eigenvalue weighted by Gasteiger charge is -2.15. The van der Waals surface area contributed by atoms with Gasteiger partial charge in [0.05, 0.1) is 0 Å². The summed E-state index contributed by atoms with van der Waals surface area (Å²) in [4.78, 5) is 11.7. The molecule has 0 spiro atoms. The molecule has 2 N–H and O–H groups in total. The number of anilines is 1. The molecule has 1 aromatic rings. The third kappa shape index (κ3) is 5.71. The highest BCUT2D eigenvalue weighted by Crippen LogP contribution is 2.09. The first kappa shape index (κ1) is 14.6. The predicted molar refractivity (Wildman–Crippen MR) is 76.9 cm³/mol. The predicted octanol–water partition coefficient (Wildman–Crippen LogP) is 3.94. The summed E-state index contributed by atoms with van der Waals surface area (Å²) in [5, 5.41) is 5.79. The first-order valence-electron chi connectivity index (χ1n) is 6.61. The Kier molecular flexibility index (Phi) is 5.69. The molecular weight excluding hydrogens is 224 g/mol. The summed E-state index contributed by atoms with van der Waals surface area (Å²) in [5.74, 6) is 0.675. The van der Waals surface area contributed by atoms with Crippen LogP contribution < -0.4 is 10.6 Å². The molecule has 18 heavy (non-hydrogen) atoms. The monoisotopic (exact) mass is 248 g/mol. The van der Waals surface area contributed by atoms with Crippen LogP contribution in [0, 0.1) is 12.8 Å². The quantitative estimate of drug-likeness (QED) is 0.814. The van der Waals surface area contributed by atoms with Gasteiger partial charge in [0.15, 0.2) is 0 Å². The van der Waals surface area contributed by atoms with Crippen LogP contribution in [0.15, 0.2) is 24.3 Å². The fraction of sp³-hybridized carbons (Fsp3) is 0.533. The first-order valence-corrected chi connectivity index (χ1v) is 6.61. The van der Waals surface area contributed by atoms with Crippen LogP contribution in [0.1, 0.15) is 39.2 Å². The maximum absolute atomic E-state index is 11.7. The number of aryl methyl sites for hydroxylation is 1. The van der Waals surface area contributed by atoms with Crippen LogP contribution in [-0.4, -0.2) is 12.1 Å². The maximum atomic E-state index is 11.7. The van der Waals surface area contributed by atoms with E-state index < -0.39 is 0 Å². The third-order valence-corrected chi connectivity index (χ3v) is 2.86. The highest BCUT2D eigenvalue weighted by atomic mass is 16.2. The van der Waals surface area contributed by atoms with Crippen LogP contribution in [0.2, 0.25) is 0 Å². The number of urea groups is 1. The minimum atomic E-state index is -0.130. The zero-order valence-electron chi connectivity index (χ0n) is 11.8. The van der Waals surface area contributed by atoms with Crippen molar-refractivity contribution in [1.29, 1.82) is 0 Å². The van der Waals surface area contributed by atoms with Crippen molar-refractivity contribution in [2.45, 2.75) is 46.6 Å². The number of benzene rings is 1. The Morgan fingerprint density at radius 1 is 1.11 bits per heavy atom. The van der Waals surface area contributed by atoms with Crippen molar-refractivity contribution in [1.82, 2.24) is 5.32 Å². The summed E-state index contributed by atoms with van der Waals surface area (Å²) in [6.45, 7) is 8.45. The molecule has 0 aliphatic rings. The summed E-state index contributed by atoms with van der Waals surface area (Å²) in [5.41, 5.74) is 2.01. The summed E-state index contributed by atoms with van der Waals surface area (Å²) in [6.07, 6.45) is 2.14. The highest BCUT2D eigenvalue weighted by molar-refractivity contribution is 5.89. The molecule has 0 radical (unpaired) electrons. The van der Waals surface area contributed by atoms with E-state index in [4.69, 9.17) is 0 Å². The lowest BCUT2D eigenvalue weighted by molar-refractivity contribution is 0.248. The van der Waals surface area contributed by atoms with E-state index in [1.54, 1.807) is 0 Å². The largest absolute Gasteiger partial charge is 0.335 e. The molecule has 0 aliphatic carbocycles. The summed E-state index contributed by atoms with van der Waals surface area (Å²) < 4.78 is 0. The van der Waals surface area contributed by atoms with Crippen molar-refractivity contribution < 1.29 is 4.79 Å². The SMILES string of the molecule is Cc1ccc(NC(=O)NC(C)CCC(C)C)cc1. The van der Waals surface area contributed by atoms with Crippen LogP contribution in [0.25, 0.3) is 0 Å². The topological polar surface area (TPSA) is 41.1 Å². The molecule has 0 saturated carbocycles. The van der Waals surface area contributed by atoms with E-state index in [-0.39, 0.29) is 12.1 Å². The average Bonchev–Trinajstić information content (AvgIpc) is 2.29. The summed E-state index contributed by atoms with van der Waals surface area (Å²) >= 11 is 0. The van der Waals surface area contributed by atoms with E-state index >= 15 is 0 Å². The Morgan fingerprint density at radius 2 is 1.72 bits per heavy atom. The van der Waals surface area contributed by atoms with Crippen LogP contribution in [-0.2, 0) is 0 Å². The Bertz CT molecular complexity index is 371. The number of nitrogens with one attached hydrogen (secondary N) is 2. The third-order valence-electron chi connectivity index (χ3n) is 2.86. The number of rotatable bonds is 5. The lowest BCUT2D eigenvalue weighted by atomic mass is 10.0. The molecule has 1 unspecified atom stereocenters. The van der Waals surface area contributed by atoms with Crippen molar-refractivity contribution in [2.75, 3.05) is 5.32 Å². The van der Waals surface area contributed by atoms with Gasteiger partial charge in [-0.2, -0.15) is 0 Å². The van der Waals surface area contributed by atoms with E-state index in [1.807, 2.05) is 38.1 Å². The normalized spacial score (nSPS) is 12.3. The molecule has 100 valence electrons. The zero-order chi connectivity index (χ0) is 13.5. The molecule has 1 aromatic carbocycles. The number of hydrogen-bond donors (Lipinski definition) is 2. The fourth-order valence-corrected chi connectivity index (χ4v) is 1.68. The van der Waals surface area contributed by atoms with Crippen LogP contribution >= 0.6 is 0 Å². The van der Waals surface area contributed by atoms with Crippen molar-refractivity contribution in [3.8, 4) is 0 Å². The Labute approximate surface area is 110 Å². The van der Waals surface area contributed by atoms with Gasteiger partial charge in [0.25, 0.3) is 0 Å². The molecule has 1 atom stereocenters. The van der Waals surface area contributed by atoms with E-state index in [0.717, 1.165) is 18.5 Å². The lowest BCUT2D eigenvalue weighted by Crippen LogP contribution is -2.36. The van der Waals surface area contributed by atoms with E-state index in [1.165, 1.54) is 5.56 Å². The van der Waals surface area contributed by atoms with Gasteiger partial charge < -0.3 is 10.6 Å². The Morgan fingerprint density at radius 3 is 2.28 bits per heavy atom. The van der Waals surface area contributed by atoms with Crippen LogP contribution in [0.4, 0.5) is 10.5 Å². The Balaban J connectivity index is 2.34. The van der Waals surface area contributed by atoms with Crippen LogP contribution in [0.3, 0.4) is 0 Å². The maximum Gasteiger partial charge on any atom is 0.319 e. The number of carbonyl (C=O) groups excluding carboxylic acids is 1. The van der Waals surface area contributed by atoms with Crippen molar-refractivity contribution in [2.24, 2.45) is 5.92 Å².